The Bertz CT molecular complexity index is 646. The maximum absolute atomic E-state index is 12.3. The Labute approximate surface area is 125 Å². The largest absolute Gasteiger partial charge is 0.369 e. The summed E-state index contributed by atoms with van der Waals surface area (Å²) in [6, 6.07) is 5.78. The number of imidazole rings is 1. The number of hydrogen-bond donors (Lipinski definition) is 1. The van der Waals surface area contributed by atoms with Crippen molar-refractivity contribution in [3.63, 3.8) is 0 Å². The van der Waals surface area contributed by atoms with Crippen molar-refractivity contribution in [2.45, 2.75) is 25.8 Å². The molecule has 0 saturated carbocycles. The molecule has 106 valence electrons. The summed E-state index contributed by atoms with van der Waals surface area (Å²) in [6.45, 7) is 1.98. The molecule has 1 fully saturated rings. The molecule has 0 radical (unpaired) electrons. The van der Waals surface area contributed by atoms with Crippen molar-refractivity contribution >= 4 is 38.8 Å². The number of likely N-dealkylation sites (tertiary alicyclic amines) is 1. The van der Waals surface area contributed by atoms with E-state index in [9.17, 15) is 4.79 Å². The van der Waals surface area contributed by atoms with Gasteiger partial charge in [0.25, 0.3) is 0 Å². The minimum absolute atomic E-state index is 0.124. The van der Waals surface area contributed by atoms with Gasteiger partial charge >= 0.3 is 0 Å². The lowest BCUT2D eigenvalue weighted by atomic mass is 10.1. The third kappa shape index (κ3) is 2.52. The molecule has 2 aromatic rings. The molecule has 2 heterocycles. The van der Waals surface area contributed by atoms with Crippen LogP contribution in [-0.4, -0.2) is 33.4 Å². The van der Waals surface area contributed by atoms with Crippen LogP contribution >= 0.6 is 15.9 Å². The van der Waals surface area contributed by atoms with Gasteiger partial charge < -0.3 is 15.2 Å². The van der Waals surface area contributed by atoms with E-state index in [-0.39, 0.29) is 12.5 Å². The Hall–Kier alpha value is -1.56. The fraction of sp³-hybridized carbons (Fsp3) is 0.429. The number of halogens is 1. The van der Waals surface area contributed by atoms with E-state index in [1.807, 2.05) is 23.1 Å². The van der Waals surface area contributed by atoms with Gasteiger partial charge in [0.05, 0.1) is 11.0 Å². The van der Waals surface area contributed by atoms with E-state index < -0.39 is 0 Å². The topological polar surface area (TPSA) is 64.1 Å². The Balaban J connectivity index is 1.86. The zero-order valence-corrected chi connectivity index (χ0v) is 12.8. The van der Waals surface area contributed by atoms with Gasteiger partial charge in [-0.05, 0) is 37.5 Å². The molecule has 3 rings (SSSR count). The third-order valence-corrected chi connectivity index (χ3v) is 4.24. The number of benzene rings is 1. The summed E-state index contributed by atoms with van der Waals surface area (Å²) in [5, 5.41) is 0. The van der Waals surface area contributed by atoms with Crippen LogP contribution in [0.5, 0.6) is 0 Å². The van der Waals surface area contributed by atoms with Crippen LogP contribution in [0.2, 0.25) is 0 Å². The Morgan fingerprint density at radius 3 is 2.80 bits per heavy atom. The zero-order valence-electron chi connectivity index (χ0n) is 11.2. The summed E-state index contributed by atoms with van der Waals surface area (Å²) >= 11 is 3.41. The van der Waals surface area contributed by atoms with Crippen LogP contribution in [0, 0.1) is 0 Å². The summed E-state index contributed by atoms with van der Waals surface area (Å²) in [5.74, 6) is 0.516. The highest BCUT2D eigenvalue weighted by Gasteiger charge is 2.19. The van der Waals surface area contributed by atoms with Crippen molar-refractivity contribution in [3.8, 4) is 0 Å². The molecule has 2 N–H and O–H groups in total. The van der Waals surface area contributed by atoms with Gasteiger partial charge in [0, 0.05) is 17.6 Å². The highest BCUT2D eigenvalue weighted by atomic mass is 79.9. The second kappa shape index (κ2) is 5.44. The molecule has 1 aromatic carbocycles. The SMILES string of the molecule is Nc1nc2cc(Br)ccc2n1CC(=O)N1CCCCC1. The van der Waals surface area contributed by atoms with E-state index in [0.717, 1.165) is 41.4 Å². The van der Waals surface area contributed by atoms with Crippen molar-refractivity contribution in [2.75, 3.05) is 18.8 Å². The highest BCUT2D eigenvalue weighted by molar-refractivity contribution is 9.10. The fourth-order valence-corrected chi connectivity index (χ4v) is 3.02. The minimum atomic E-state index is 0.124. The van der Waals surface area contributed by atoms with Crippen molar-refractivity contribution in [1.82, 2.24) is 14.5 Å². The van der Waals surface area contributed by atoms with Crippen LogP contribution in [0.1, 0.15) is 19.3 Å². The van der Waals surface area contributed by atoms with Crippen molar-refractivity contribution < 1.29 is 4.79 Å². The van der Waals surface area contributed by atoms with Crippen LogP contribution in [-0.2, 0) is 11.3 Å². The smallest absolute Gasteiger partial charge is 0.242 e. The molecule has 0 spiro atoms. The summed E-state index contributed by atoms with van der Waals surface area (Å²) < 4.78 is 2.75. The molecular weight excluding hydrogens is 320 g/mol. The summed E-state index contributed by atoms with van der Waals surface area (Å²) in [4.78, 5) is 18.6. The first kappa shape index (κ1) is 13.4. The second-order valence-electron chi connectivity index (χ2n) is 5.13. The third-order valence-electron chi connectivity index (χ3n) is 3.74. The fourth-order valence-electron chi connectivity index (χ4n) is 2.67. The van der Waals surface area contributed by atoms with E-state index in [1.54, 1.807) is 4.57 Å². The first-order valence-electron chi connectivity index (χ1n) is 6.84. The monoisotopic (exact) mass is 336 g/mol. The molecule has 0 bridgehead atoms. The van der Waals surface area contributed by atoms with Crippen LogP contribution in [0.3, 0.4) is 0 Å². The molecule has 0 unspecified atom stereocenters. The number of fused-ring (bicyclic) bond motifs is 1. The normalized spacial score (nSPS) is 15.8. The number of aromatic nitrogens is 2. The Kier molecular flexibility index (Phi) is 3.65. The summed E-state index contributed by atoms with van der Waals surface area (Å²) in [7, 11) is 0. The van der Waals surface area contributed by atoms with E-state index in [4.69, 9.17) is 5.73 Å². The van der Waals surface area contributed by atoms with Crippen LogP contribution in [0.25, 0.3) is 11.0 Å². The summed E-state index contributed by atoms with van der Waals surface area (Å²) in [6.07, 6.45) is 3.41. The van der Waals surface area contributed by atoms with Gasteiger partial charge in [-0.1, -0.05) is 15.9 Å². The summed E-state index contributed by atoms with van der Waals surface area (Å²) in [5.41, 5.74) is 7.65. The molecular formula is C14H17BrN4O. The maximum Gasteiger partial charge on any atom is 0.242 e. The van der Waals surface area contributed by atoms with Gasteiger partial charge in [0.2, 0.25) is 11.9 Å². The lowest BCUT2D eigenvalue weighted by molar-refractivity contribution is -0.132. The molecule has 1 amide bonds. The van der Waals surface area contributed by atoms with Crippen LogP contribution in [0.4, 0.5) is 5.95 Å². The predicted molar refractivity (Wildman–Crippen MR) is 82.3 cm³/mol. The molecule has 6 heteroatoms. The number of amides is 1. The molecule has 1 saturated heterocycles. The first-order chi connectivity index (χ1) is 9.65. The number of nitrogens with two attached hydrogens (primary N) is 1. The van der Waals surface area contributed by atoms with E-state index in [2.05, 4.69) is 20.9 Å². The maximum atomic E-state index is 12.3. The molecule has 1 aliphatic rings. The standard InChI is InChI=1S/C14H17BrN4O/c15-10-4-5-12-11(8-10)17-14(16)19(12)9-13(20)18-6-2-1-3-7-18/h4-5,8H,1-3,6-7,9H2,(H2,16,17). The van der Waals surface area contributed by atoms with Gasteiger partial charge in [-0.25, -0.2) is 4.98 Å². The average Bonchev–Trinajstić information content (AvgIpc) is 2.75. The average molecular weight is 337 g/mol. The minimum Gasteiger partial charge on any atom is -0.369 e. The van der Waals surface area contributed by atoms with Gasteiger partial charge in [-0.3, -0.25) is 4.79 Å². The van der Waals surface area contributed by atoms with Gasteiger partial charge in [-0.15, -0.1) is 0 Å². The molecule has 0 atom stereocenters. The van der Waals surface area contributed by atoms with Crippen LogP contribution < -0.4 is 5.73 Å². The quantitative estimate of drug-likeness (QED) is 0.915. The van der Waals surface area contributed by atoms with Crippen molar-refractivity contribution in [2.24, 2.45) is 0 Å². The molecule has 1 aliphatic heterocycles. The Morgan fingerprint density at radius 1 is 1.30 bits per heavy atom. The first-order valence-corrected chi connectivity index (χ1v) is 7.63. The number of rotatable bonds is 2. The lowest BCUT2D eigenvalue weighted by Crippen LogP contribution is -2.37. The molecule has 20 heavy (non-hydrogen) atoms. The Morgan fingerprint density at radius 2 is 2.05 bits per heavy atom. The van der Waals surface area contributed by atoms with E-state index >= 15 is 0 Å². The number of hydrogen-bond acceptors (Lipinski definition) is 3. The highest BCUT2D eigenvalue weighted by Crippen LogP contribution is 2.22. The lowest BCUT2D eigenvalue weighted by Gasteiger charge is -2.27. The second-order valence-corrected chi connectivity index (χ2v) is 6.05. The predicted octanol–water partition coefficient (Wildman–Crippen LogP) is 2.39. The number of carbonyl (C=O) groups is 1. The van der Waals surface area contributed by atoms with Gasteiger partial charge in [0.15, 0.2) is 0 Å². The number of carbonyl (C=O) groups excluding carboxylic acids is 1. The van der Waals surface area contributed by atoms with Gasteiger partial charge in [0.1, 0.15) is 6.54 Å². The van der Waals surface area contributed by atoms with Crippen LogP contribution in [0.15, 0.2) is 22.7 Å². The van der Waals surface area contributed by atoms with E-state index in [1.165, 1.54) is 6.42 Å². The number of piperidine rings is 1. The zero-order chi connectivity index (χ0) is 14.1. The van der Waals surface area contributed by atoms with E-state index in [0.29, 0.717) is 5.95 Å². The number of nitrogens with zero attached hydrogens (tertiary/aromatic N) is 3. The molecule has 5 nitrogen and oxygen atoms in total. The number of anilines is 1. The van der Waals surface area contributed by atoms with Crippen molar-refractivity contribution in [3.05, 3.63) is 22.7 Å². The number of nitrogen functional groups attached to an aromatic ring is 1. The molecule has 1 aromatic heterocycles. The van der Waals surface area contributed by atoms with Crippen molar-refractivity contribution in [1.29, 1.82) is 0 Å². The molecule has 0 aliphatic carbocycles. The van der Waals surface area contributed by atoms with Gasteiger partial charge in [-0.2, -0.15) is 0 Å².